The third kappa shape index (κ3) is 4.25. The molecule has 3 aromatic rings. The first kappa shape index (κ1) is 21.7. The molecule has 1 aromatic carbocycles. The monoisotopic (exact) mass is 438 g/mol. The lowest BCUT2D eigenvalue weighted by atomic mass is 10.1. The predicted molar refractivity (Wildman–Crippen MR) is 113 cm³/mol. The molecule has 1 aliphatic rings. The van der Waals surface area contributed by atoms with E-state index in [-0.39, 0.29) is 18.1 Å². The minimum absolute atomic E-state index is 0.182. The van der Waals surface area contributed by atoms with E-state index >= 15 is 0 Å². The summed E-state index contributed by atoms with van der Waals surface area (Å²) in [7, 11) is 1.43. The van der Waals surface area contributed by atoms with Crippen molar-refractivity contribution < 1.29 is 24.6 Å². The molecule has 1 fully saturated rings. The maximum absolute atomic E-state index is 11.3. The van der Waals surface area contributed by atoms with Gasteiger partial charge in [-0.15, -0.1) is 0 Å². The number of aryl methyl sites for hydroxylation is 1. The molecule has 32 heavy (non-hydrogen) atoms. The van der Waals surface area contributed by atoms with Crippen LogP contribution < -0.4 is 11.2 Å². The van der Waals surface area contributed by atoms with Crippen LogP contribution in [0.1, 0.15) is 29.6 Å². The Labute approximate surface area is 183 Å². The SMILES string of the molecule is CONc1nc(C#Cc2ccc(C)cc2)nc2c1ncn2[C@@H]1O[C@@H](CC(N)=O)[C@@H](O)[C@H]1O. The molecule has 166 valence electrons. The second-order valence-electron chi connectivity index (χ2n) is 7.36. The lowest BCUT2D eigenvalue weighted by molar-refractivity contribution is -0.122. The molecule has 0 saturated carbocycles. The van der Waals surface area contributed by atoms with Crippen LogP contribution in [0.2, 0.25) is 0 Å². The Bertz CT molecular complexity index is 1200. The Kier molecular flexibility index (Phi) is 6.02. The molecule has 3 heterocycles. The molecule has 1 aliphatic heterocycles. The number of aliphatic hydroxyl groups is 2. The van der Waals surface area contributed by atoms with E-state index in [1.807, 2.05) is 31.2 Å². The maximum Gasteiger partial charge on any atom is 0.220 e. The van der Waals surface area contributed by atoms with Crippen molar-refractivity contribution in [3.05, 3.63) is 47.5 Å². The molecule has 0 spiro atoms. The predicted octanol–water partition coefficient (Wildman–Crippen LogP) is 0.00242. The summed E-state index contributed by atoms with van der Waals surface area (Å²) in [6.07, 6.45) is -3.46. The number of ether oxygens (including phenoxy) is 1. The third-order valence-corrected chi connectivity index (χ3v) is 5.00. The minimum atomic E-state index is -1.33. The second-order valence-corrected chi connectivity index (χ2v) is 7.36. The number of carbonyl (C=O) groups excluding carboxylic acids is 1. The van der Waals surface area contributed by atoms with Gasteiger partial charge in [0.25, 0.3) is 0 Å². The van der Waals surface area contributed by atoms with Crippen molar-refractivity contribution in [1.29, 1.82) is 0 Å². The van der Waals surface area contributed by atoms with Crippen molar-refractivity contribution in [3.8, 4) is 11.8 Å². The average molecular weight is 438 g/mol. The number of nitrogens with one attached hydrogen (secondary N) is 1. The second kappa shape index (κ2) is 8.89. The summed E-state index contributed by atoms with van der Waals surface area (Å²) in [5.74, 6) is 5.71. The van der Waals surface area contributed by atoms with E-state index in [1.54, 1.807) is 0 Å². The highest BCUT2D eigenvalue weighted by Crippen LogP contribution is 2.33. The van der Waals surface area contributed by atoms with Crippen LogP contribution in [0.15, 0.2) is 30.6 Å². The smallest absolute Gasteiger partial charge is 0.220 e. The van der Waals surface area contributed by atoms with Gasteiger partial charge in [-0.1, -0.05) is 23.6 Å². The van der Waals surface area contributed by atoms with Crippen LogP contribution in [0.25, 0.3) is 11.2 Å². The molecule has 5 N–H and O–H groups in total. The van der Waals surface area contributed by atoms with E-state index in [0.29, 0.717) is 11.2 Å². The van der Waals surface area contributed by atoms with Gasteiger partial charge >= 0.3 is 0 Å². The van der Waals surface area contributed by atoms with E-state index in [1.165, 1.54) is 18.0 Å². The van der Waals surface area contributed by atoms with E-state index in [2.05, 4.69) is 32.3 Å². The number of hydrogen-bond acceptors (Lipinski definition) is 9. The number of anilines is 1. The molecule has 2 aromatic heterocycles. The van der Waals surface area contributed by atoms with Crippen LogP contribution in [0.5, 0.6) is 0 Å². The van der Waals surface area contributed by atoms with Gasteiger partial charge < -0.3 is 20.7 Å². The van der Waals surface area contributed by atoms with Crippen molar-refractivity contribution in [2.24, 2.45) is 5.73 Å². The lowest BCUT2D eigenvalue weighted by Gasteiger charge is -2.16. The van der Waals surface area contributed by atoms with Crippen molar-refractivity contribution in [2.45, 2.75) is 37.9 Å². The topological polar surface area (TPSA) is 158 Å². The van der Waals surface area contributed by atoms with Gasteiger partial charge in [0.05, 0.1) is 26.0 Å². The van der Waals surface area contributed by atoms with E-state index in [4.69, 9.17) is 15.3 Å². The third-order valence-electron chi connectivity index (χ3n) is 5.00. The molecule has 1 amide bonds. The number of carbonyl (C=O) groups is 1. The number of nitrogens with zero attached hydrogens (tertiary/aromatic N) is 4. The van der Waals surface area contributed by atoms with E-state index < -0.39 is 30.4 Å². The van der Waals surface area contributed by atoms with Crippen molar-refractivity contribution >= 4 is 22.9 Å². The Balaban J connectivity index is 1.74. The maximum atomic E-state index is 11.3. The number of nitrogens with two attached hydrogens (primary N) is 1. The fraction of sp³-hybridized carbons (Fsp3) is 0.333. The zero-order chi connectivity index (χ0) is 22.8. The highest BCUT2D eigenvalue weighted by atomic mass is 16.6. The van der Waals surface area contributed by atoms with Crippen LogP contribution >= 0.6 is 0 Å². The molecule has 0 unspecified atom stereocenters. The lowest BCUT2D eigenvalue weighted by Crippen LogP contribution is -2.33. The first-order valence-electron chi connectivity index (χ1n) is 9.79. The van der Waals surface area contributed by atoms with Crippen LogP contribution in [-0.4, -0.2) is 61.1 Å². The summed E-state index contributed by atoms with van der Waals surface area (Å²) in [6.45, 7) is 1.99. The van der Waals surface area contributed by atoms with Gasteiger partial charge in [0.15, 0.2) is 23.2 Å². The van der Waals surface area contributed by atoms with Gasteiger partial charge in [-0.2, -0.15) is 4.98 Å². The number of fused-ring (bicyclic) bond motifs is 1. The number of aliphatic hydroxyl groups excluding tert-OH is 2. The fourth-order valence-electron chi connectivity index (χ4n) is 3.42. The molecular formula is C21H22N6O5. The quantitative estimate of drug-likeness (QED) is 0.318. The number of primary amides is 1. The van der Waals surface area contributed by atoms with Crippen molar-refractivity contribution in [1.82, 2.24) is 19.5 Å². The molecule has 4 rings (SSSR count). The summed E-state index contributed by atoms with van der Waals surface area (Å²) in [6, 6.07) is 7.69. The molecule has 0 aliphatic carbocycles. The molecule has 1 saturated heterocycles. The van der Waals surface area contributed by atoms with Gasteiger partial charge in [-0.25, -0.2) is 15.4 Å². The zero-order valence-corrected chi connectivity index (χ0v) is 17.4. The Morgan fingerprint density at radius 1 is 1.25 bits per heavy atom. The number of hydrogen-bond donors (Lipinski definition) is 4. The van der Waals surface area contributed by atoms with Crippen LogP contribution in [0.3, 0.4) is 0 Å². The van der Waals surface area contributed by atoms with Gasteiger partial charge in [0, 0.05) is 5.56 Å². The highest BCUT2D eigenvalue weighted by Gasteiger charge is 2.44. The highest BCUT2D eigenvalue weighted by molar-refractivity contribution is 5.83. The molecular weight excluding hydrogens is 416 g/mol. The molecule has 11 heteroatoms. The first-order chi connectivity index (χ1) is 15.4. The summed E-state index contributed by atoms with van der Waals surface area (Å²) in [5, 5.41) is 20.8. The van der Waals surface area contributed by atoms with E-state index in [9.17, 15) is 15.0 Å². The van der Waals surface area contributed by atoms with Gasteiger partial charge in [-0.3, -0.25) is 14.2 Å². The van der Waals surface area contributed by atoms with E-state index in [0.717, 1.165) is 11.1 Å². The van der Waals surface area contributed by atoms with Crippen molar-refractivity contribution in [3.63, 3.8) is 0 Å². The fourth-order valence-corrected chi connectivity index (χ4v) is 3.42. The summed E-state index contributed by atoms with van der Waals surface area (Å²) < 4.78 is 7.15. The number of imidazole rings is 1. The van der Waals surface area contributed by atoms with Crippen LogP contribution in [0, 0.1) is 18.8 Å². The van der Waals surface area contributed by atoms with Crippen molar-refractivity contribution in [2.75, 3.05) is 12.6 Å². The van der Waals surface area contributed by atoms with Gasteiger partial charge in [0.1, 0.15) is 12.2 Å². The summed E-state index contributed by atoms with van der Waals surface area (Å²) >= 11 is 0. The normalized spacial score (nSPS) is 22.5. The largest absolute Gasteiger partial charge is 0.388 e. The summed E-state index contributed by atoms with van der Waals surface area (Å²) in [4.78, 5) is 29.3. The first-order valence-corrected chi connectivity index (χ1v) is 9.79. The molecule has 0 radical (unpaired) electrons. The molecule has 11 nitrogen and oxygen atoms in total. The number of amides is 1. The zero-order valence-electron chi connectivity index (χ0n) is 17.4. The number of benzene rings is 1. The standard InChI is InChI=1S/C21H22N6O5/c1-11-3-5-12(6-4-11)7-8-15-24-19(26-31-2)16-20(25-15)27(10-23-16)21-18(30)17(29)13(32-21)9-14(22)28/h3-6,10,13,17-18,21,29-30H,9H2,1-2H3,(H2,22,28)(H,24,25,26)/t13-,17+,18+,21+/m0/s1. The summed E-state index contributed by atoms with van der Waals surface area (Å²) in [5.41, 5.74) is 10.4. The average Bonchev–Trinajstić information content (AvgIpc) is 3.30. The number of rotatable bonds is 5. The van der Waals surface area contributed by atoms with Gasteiger partial charge in [-0.05, 0) is 25.0 Å². The molecule has 0 bridgehead atoms. The number of aromatic nitrogens is 4. The Morgan fingerprint density at radius 3 is 2.69 bits per heavy atom. The Hall–Kier alpha value is -3.56. The minimum Gasteiger partial charge on any atom is -0.388 e. The van der Waals surface area contributed by atoms with Crippen LogP contribution in [-0.2, 0) is 14.4 Å². The molecule has 4 atom stereocenters. The van der Waals surface area contributed by atoms with Gasteiger partial charge in [0.2, 0.25) is 11.7 Å². The van der Waals surface area contributed by atoms with Crippen LogP contribution in [0.4, 0.5) is 5.82 Å². The Morgan fingerprint density at radius 2 is 2.00 bits per heavy atom.